The van der Waals surface area contributed by atoms with Crippen molar-refractivity contribution in [1.29, 1.82) is 5.26 Å². The lowest BCUT2D eigenvalue weighted by molar-refractivity contribution is 0.171. The largest absolute Gasteiger partial charge is 0.483 e. The molecule has 0 saturated heterocycles. The number of nitriles is 1. The molecule has 1 heterocycles. The third-order valence-corrected chi connectivity index (χ3v) is 3.69. The van der Waals surface area contributed by atoms with Gasteiger partial charge in [-0.3, -0.25) is 0 Å². The molecule has 0 aliphatic heterocycles. The Morgan fingerprint density at radius 1 is 1.37 bits per heavy atom. The minimum absolute atomic E-state index is 0.0960. The molecule has 4 heteroatoms. The smallest absolute Gasteiger partial charge is 0.140 e. The average Bonchev–Trinajstić information content (AvgIpc) is 2.98. The second kappa shape index (κ2) is 6.37. The van der Waals surface area contributed by atoms with Crippen LogP contribution in [0.2, 0.25) is 0 Å². The molecule has 2 aromatic rings. The van der Waals surface area contributed by atoms with Gasteiger partial charge in [-0.2, -0.15) is 16.6 Å². The first-order valence-corrected chi connectivity index (χ1v) is 7.14. The molecule has 2 unspecified atom stereocenters. The molecule has 0 bridgehead atoms. The van der Waals surface area contributed by atoms with Crippen molar-refractivity contribution < 1.29 is 4.74 Å². The van der Waals surface area contributed by atoms with E-state index < -0.39 is 0 Å². The van der Waals surface area contributed by atoms with E-state index in [4.69, 9.17) is 15.7 Å². The predicted molar refractivity (Wildman–Crippen MR) is 77.1 cm³/mol. The van der Waals surface area contributed by atoms with Crippen LogP contribution in [0.3, 0.4) is 0 Å². The molecule has 1 aromatic carbocycles. The fourth-order valence-electron chi connectivity index (χ4n) is 1.85. The minimum Gasteiger partial charge on any atom is -0.483 e. The number of benzene rings is 1. The van der Waals surface area contributed by atoms with Crippen LogP contribution in [0.15, 0.2) is 41.1 Å². The quantitative estimate of drug-likeness (QED) is 0.906. The SMILES string of the molecule is CCC(N)C(Oc1ccccc1C#N)c1ccsc1. The van der Waals surface area contributed by atoms with Crippen LogP contribution in [0, 0.1) is 11.3 Å². The highest BCUT2D eigenvalue weighted by atomic mass is 32.1. The summed E-state index contributed by atoms with van der Waals surface area (Å²) in [7, 11) is 0. The molecule has 0 aliphatic rings. The van der Waals surface area contributed by atoms with Crippen LogP contribution in [0.25, 0.3) is 0 Å². The van der Waals surface area contributed by atoms with Gasteiger partial charge < -0.3 is 10.5 Å². The highest BCUT2D eigenvalue weighted by molar-refractivity contribution is 7.07. The Morgan fingerprint density at radius 3 is 2.79 bits per heavy atom. The van der Waals surface area contributed by atoms with Crippen molar-refractivity contribution in [1.82, 2.24) is 0 Å². The van der Waals surface area contributed by atoms with Crippen LogP contribution in [0.1, 0.15) is 30.6 Å². The number of nitrogens with two attached hydrogens (primary N) is 1. The molecule has 1 aromatic heterocycles. The molecule has 2 N–H and O–H groups in total. The molecular weight excluding hydrogens is 256 g/mol. The second-order valence-corrected chi connectivity index (χ2v) is 5.06. The first-order chi connectivity index (χ1) is 9.26. The van der Waals surface area contributed by atoms with Crippen LogP contribution < -0.4 is 10.5 Å². The van der Waals surface area contributed by atoms with Gasteiger partial charge in [0.05, 0.1) is 5.56 Å². The lowest BCUT2D eigenvalue weighted by Crippen LogP contribution is -2.31. The van der Waals surface area contributed by atoms with Gasteiger partial charge in [-0.25, -0.2) is 0 Å². The van der Waals surface area contributed by atoms with E-state index in [2.05, 4.69) is 6.07 Å². The van der Waals surface area contributed by atoms with Crippen molar-refractivity contribution in [3.8, 4) is 11.8 Å². The van der Waals surface area contributed by atoms with Gasteiger partial charge >= 0.3 is 0 Å². The van der Waals surface area contributed by atoms with Gasteiger partial charge in [-0.05, 0) is 35.4 Å². The fraction of sp³-hybridized carbons (Fsp3) is 0.267. The molecule has 0 spiro atoms. The molecule has 2 rings (SSSR count). The minimum atomic E-state index is -0.217. The highest BCUT2D eigenvalue weighted by Crippen LogP contribution is 2.28. The van der Waals surface area contributed by atoms with Crippen molar-refractivity contribution in [2.75, 3.05) is 0 Å². The molecule has 98 valence electrons. The summed E-state index contributed by atoms with van der Waals surface area (Å²) in [5, 5.41) is 13.1. The fourth-order valence-corrected chi connectivity index (χ4v) is 2.54. The number of hydrogen-bond acceptors (Lipinski definition) is 4. The Labute approximate surface area is 117 Å². The third kappa shape index (κ3) is 3.14. The van der Waals surface area contributed by atoms with Crippen LogP contribution >= 0.6 is 11.3 Å². The van der Waals surface area contributed by atoms with E-state index in [-0.39, 0.29) is 12.1 Å². The van der Waals surface area contributed by atoms with Gasteiger partial charge in [0, 0.05) is 11.6 Å². The van der Waals surface area contributed by atoms with E-state index in [9.17, 15) is 0 Å². The number of ether oxygens (including phenoxy) is 1. The summed E-state index contributed by atoms with van der Waals surface area (Å²) in [4.78, 5) is 0. The first kappa shape index (κ1) is 13.6. The molecular formula is C15H16N2OS. The van der Waals surface area contributed by atoms with Crippen LogP contribution in [0.5, 0.6) is 5.75 Å². The monoisotopic (exact) mass is 272 g/mol. The van der Waals surface area contributed by atoms with E-state index in [1.165, 1.54) is 0 Å². The number of thiophene rings is 1. The average molecular weight is 272 g/mol. The molecule has 0 radical (unpaired) electrons. The van der Waals surface area contributed by atoms with E-state index in [0.29, 0.717) is 11.3 Å². The Kier molecular flexibility index (Phi) is 4.56. The summed E-state index contributed by atoms with van der Waals surface area (Å²) < 4.78 is 5.99. The molecule has 3 nitrogen and oxygen atoms in total. The topological polar surface area (TPSA) is 59.0 Å². The zero-order valence-corrected chi connectivity index (χ0v) is 11.6. The summed E-state index contributed by atoms with van der Waals surface area (Å²) >= 11 is 1.62. The van der Waals surface area contributed by atoms with Crippen LogP contribution in [-0.4, -0.2) is 6.04 Å². The molecule has 0 aliphatic carbocycles. The van der Waals surface area contributed by atoms with Gasteiger partial charge in [0.1, 0.15) is 17.9 Å². The number of hydrogen-bond donors (Lipinski definition) is 1. The van der Waals surface area contributed by atoms with E-state index >= 15 is 0 Å². The summed E-state index contributed by atoms with van der Waals surface area (Å²) in [6, 6.07) is 11.3. The van der Waals surface area contributed by atoms with Crippen molar-refractivity contribution in [2.45, 2.75) is 25.5 Å². The van der Waals surface area contributed by atoms with E-state index in [1.807, 2.05) is 35.9 Å². The van der Waals surface area contributed by atoms with Crippen molar-refractivity contribution in [2.24, 2.45) is 5.73 Å². The first-order valence-electron chi connectivity index (χ1n) is 6.19. The normalized spacial score (nSPS) is 13.5. The van der Waals surface area contributed by atoms with Crippen molar-refractivity contribution in [3.05, 3.63) is 52.2 Å². The van der Waals surface area contributed by atoms with E-state index in [1.54, 1.807) is 23.5 Å². The summed E-state index contributed by atoms with van der Waals surface area (Å²) in [6.07, 6.45) is 0.598. The van der Waals surface area contributed by atoms with Gasteiger partial charge in [0.15, 0.2) is 0 Å². The highest BCUT2D eigenvalue weighted by Gasteiger charge is 2.21. The Morgan fingerprint density at radius 2 is 2.16 bits per heavy atom. The van der Waals surface area contributed by atoms with Crippen LogP contribution in [-0.2, 0) is 0 Å². The third-order valence-electron chi connectivity index (χ3n) is 2.99. The Hall–Kier alpha value is -1.83. The number of para-hydroxylation sites is 1. The Bertz CT molecular complexity index is 560. The van der Waals surface area contributed by atoms with Gasteiger partial charge in [0.25, 0.3) is 0 Å². The number of rotatable bonds is 5. The Balaban J connectivity index is 2.29. The van der Waals surface area contributed by atoms with Crippen LogP contribution in [0.4, 0.5) is 0 Å². The predicted octanol–water partition coefficient (Wildman–Crippen LogP) is 3.48. The lowest BCUT2D eigenvalue weighted by atomic mass is 10.0. The molecule has 0 amide bonds. The zero-order chi connectivity index (χ0) is 13.7. The van der Waals surface area contributed by atoms with Gasteiger partial charge in [-0.1, -0.05) is 19.1 Å². The number of nitrogens with zero attached hydrogens (tertiary/aromatic N) is 1. The van der Waals surface area contributed by atoms with Gasteiger partial charge in [-0.15, -0.1) is 0 Å². The van der Waals surface area contributed by atoms with Crippen molar-refractivity contribution >= 4 is 11.3 Å². The maximum absolute atomic E-state index is 9.10. The molecule has 0 saturated carbocycles. The molecule has 19 heavy (non-hydrogen) atoms. The maximum atomic E-state index is 9.10. The van der Waals surface area contributed by atoms with Crippen molar-refractivity contribution in [3.63, 3.8) is 0 Å². The lowest BCUT2D eigenvalue weighted by Gasteiger charge is -2.24. The standard InChI is InChI=1S/C15H16N2OS/c1-2-13(17)15(12-7-8-19-10-12)18-14-6-4-3-5-11(14)9-16/h3-8,10,13,15H,2,17H2,1H3. The van der Waals surface area contributed by atoms with E-state index in [0.717, 1.165) is 12.0 Å². The second-order valence-electron chi connectivity index (χ2n) is 4.28. The van der Waals surface area contributed by atoms with Gasteiger partial charge in [0.2, 0.25) is 0 Å². The zero-order valence-electron chi connectivity index (χ0n) is 10.7. The summed E-state index contributed by atoms with van der Waals surface area (Å²) in [5.41, 5.74) is 7.74. The molecule has 0 fully saturated rings. The summed E-state index contributed by atoms with van der Waals surface area (Å²) in [6.45, 7) is 2.03. The molecule has 2 atom stereocenters. The maximum Gasteiger partial charge on any atom is 0.140 e. The summed E-state index contributed by atoms with van der Waals surface area (Å²) in [5.74, 6) is 0.588.